The number of rotatable bonds is 7. The lowest BCUT2D eigenvalue weighted by Gasteiger charge is -2.11. The Labute approximate surface area is 191 Å². The van der Waals surface area contributed by atoms with E-state index in [1.807, 2.05) is 12.1 Å². The Bertz CT molecular complexity index is 1000. The van der Waals surface area contributed by atoms with E-state index in [2.05, 4.69) is 15.3 Å². The minimum Gasteiger partial charge on any atom is -0.493 e. The monoisotopic (exact) mass is 524 g/mol. The van der Waals surface area contributed by atoms with Gasteiger partial charge < -0.3 is 25.3 Å². The van der Waals surface area contributed by atoms with E-state index in [-0.39, 0.29) is 35.8 Å². The van der Waals surface area contributed by atoms with Crippen LogP contribution in [0.15, 0.2) is 65.8 Å². The number of anilines is 1. The van der Waals surface area contributed by atoms with Crippen LogP contribution in [0.5, 0.6) is 23.1 Å². The predicted octanol–water partition coefficient (Wildman–Crippen LogP) is 4.58. The van der Waals surface area contributed by atoms with Crippen molar-refractivity contribution in [1.82, 2.24) is 4.98 Å². The maximum Gasteiger partial charge on any atom is 0.219 e. The van der Waals surface area contributed by atoms with Gasteiger partial charge in [0.05, 0.1) is 20.8 Å². The zero-order valence-corrected chi connectivity index (χ0v) is 18.8. The van der Waals surface area contributed by atoms with Gasteiger partial charge in [-0.1, -0.05) is 12.1 Å². The van der Waals surface area contributed by atoms with Crippen LogP contribution in [0, 0.1) is 5.82 Å². The number of hydrogen-bond acceptors (Lipinski definition) is 5. The number of ether oxygens (including phenoxy) is 3. The molecular formula is C21H22FIN4O3. The quantitative estimate of drug-likeness (QED) is 0.267. The summed E-state index contributed by atoms with van der Waals surface area (Å²) in [5, 5.41) is 3.00. The lowest BCUT2D eigenvalue weighted by Crippen LogP contribution is -2.22. The first kappa shape index (κ1) is 23.2. The minimum absolute atomic E-state index is 0. The van der Waals surface area contributed by atoms with Crippen LogP contribution in [0.4, 0.5) is 10.1 Å². The highest BCUT2D eigenvalue weighted by Gasteiger charge is 2.05. The summed E-state index contributed by atoms with van der Waals surface area (Å²) in [7, 11) is 3.14. The number of aromatic nitrogens is 1. The van der Waals surface area contributed by atoms with Crippen LogP contribution in [0.25, 0.3) is 0 Å². The summed E-state index contributed by atoms with van der Waals surface area (Å²) in [6.45, 7) is 0.333. The standard InChI is InChI=1S/C21H21FN4O3.HI/c1-27-18-8-7-16(11-19(18)28-2)26-21(23)25-13-14-6-9-20(24-12-14)29-17-5-3-4-15(22)10-17;/h3-12H,13H2,1-2H3,(H3,23,25,26);1H. The van der Waals surface area contributed by atoms with Gasteiger partial charge in [0, 0.05) is 30.1 Å². The van der Waals surface area contributed by atoms with Gasteiger partial charge >= 0.3 is 0 Å². The van der Waals surface area contributed by atoms with Gasteiger partial charge in [-0.2, -0.15) is 0 Å². The van der Waals surface area contributed by atoms with Gasteiger partial charge in [-0.15, -0.1) is 24.0 Å². The van der Waals surface area contributed by atoms with Gasteiger partial charge in [-0.25, -0.2) is 14.4 Å². The largest absolute Gasteiger partial charge is 0.493 e. The van der Waals surface area contributed by atoms with Gasteiger partial charge in [0.1, 0.15) is 11.6 Å². The van der Waals surface area contributed by atoms with E-state index in [0.717, 1.165) is 11.3 Å². The average molecular weight is 524 g/mol. The molecule has 30 heavy (non-hydrogen) atoms. The molecule has 0 saturated heterocycles. The van der Waals surface area contributed by atoms with Crippen molar-refractivity contribution in [3.63, 3.8) is 0 Å². The van der Waals surface area contributed by atoms with Crippen molar-refractivity contribution in [2.75, 3.05) is 19.5 Å². The lowest BCUT2D eigenvalue weighted by atomic mass is 10.2. The van der Waals surface area contributed by atoms with E-state index < -0.39 is 0 Å². The van der Waals surface area contributed by atoms with Crippen LogP contribution < -0.4 is 25.3 Å². The molecular weight excluding hydrogens is 502 g/mol. The van der Waals surface area contributed by atoms with Gasteiger partial charge in [-0.05, 0) is 29.8 Å². The van der Waals surface area contributed by atoms with Crippen LogP contribution in [0.1, 0.15) is 5.56 Å². The molecule has 0 aliphatic rings. The normalized spacial score (nSPS) is 10.7. The maximum absolute atomic E-state index is 13.2. The number of benzene rings is 2. The van der Waals surface area contributed by atoms with Gasteiger partial charge in [0.2, 0.25) is 5.88 Å². The molecule has 1 aromatic heterocycles. The Morgan fingerprint density at radius 3 is 2.53 bits per heavy atom. The van der Waals surface area contributed by atoms with Crippen molar-refractivity contribution in [3.05, 3.63) is 72.2 Å². The zero-order valence-electron chi connectivity index (χ0n) is 16.5. The van der Waals surface area contributed by atoms with Gasteiger partial charge in [-0.3, -0.25) is 0 Å². The first-order valence-electron chi connectivity index (χ1n) is 8.74. The van der Waals surface area contributed by atoms with E-state index in [9.17, 15) is 4.39 Å². The molecule has 0 radical (unpaired) electrons. The molecule has 3 N–H and O–H groups in total. The second-order valence-electron chi connectivity index (χ2n) is 5.96. The van der Waals surface area contributed by atoms with Crippen LogP contribution >= 0.6 is 24.0 Å². The number of nitrogens with one attached hydrogen (secondary N) is 1. The Morgan fingerprint density at radius 1 is 1.07 bits per heavy atom. The molecule has 2 aromatic carbocycles. The highest BCUT2D eigenvalue weighted by molar-refractivity contribution is 14.0. The van der Waals surface area contributed by atoms with Crippen molar-refractivity contribution in [3.8, 4) is 23.1 Å². The topological polar surface area (TPSA) is 91.0 Å². The number of methoxy groups -OCH3 is 2. The SMILES string of the molecule is COc1ccc(NC(N)=NCc2ccc(Oc3cccc(F)c3)nc2)cc1OC.I. The van der Waals surface area contributed by atoms with Crippen molar-refractivity contribution in [2.45, 2.75) is 6.54 Å². The number of hydrogen-bond donors (Lipinski definition) is 2. The maximum atomic E-state index is 13.2. The molecule has 0 saturated carbocycles. The fourth-order valence-electron chi connectivity index (χ4n) is 2.49. The number of nitrogens with two attached hydrogens (primary N) is 1. The van der Waals surface area contributed by atoms with Crippen molar-refractivity contribution in [1.29, 1.82) is 0 Å². The first-order valence-corrected chi connectivity index (χ1v) is 8.74. The molecule has 0 unspecified atom stereocenters. The molecule has 3 aromatic rings. The summed E-state index contributed by atoms with van der Waals surface area (Å²) in [4.78, 5) is 8.50. The summed E-state index contributed by atoms with van der Waals surface area (Å²) in [6, 6.07) is 14.7. The fraction of sp³-hybridized carbons (Fsp3) is 0.143. The third-order valence-electron chi connectivity index (χ3n) is 3.90. The average Bonchev–Trinajstić information content (AvgIpc) is 2.73. The second-order valence-corrected chi connectivity index (χ2v) is 5.96. The van der Waals surface area contributed by atoms with Crippen molar-refractivity contribution in [2.24, 2.45) is 10.7 Å². The van der Waals surface area contributed by atoms with Crippen molar-refractivity contribution >= 4 is 35.6 Å². The molecule has 0 aliphatic carbocycles. The van der Waals surface area contributed by atoms with E-state index >= 15 is 0 Å². The van der Waals surface area contributed by atoms with Crippen LogP contribution in [0.2, 0.25) is 0 Å². The number of pyridine rings is 1. The summed E-state index contributed by atoms with van der Waals surface area (Å²) >= 11 is 0. The van der Waals surface area contributed by atoms with Crippen LogP contribution in [-0.2, 0) is 6.54 Å². The van der Waals surface area contributed by atoms with Crippen molar-refractivity contribution < 1.29 is 18.6 Å². The zero-order chi connectivity index (χ0) is 20.6. The van der Waals surface area contributed by atoms with Crippen LogP contribution in [0.3, 0.4) is 0 Å². The number of aliphatic imine (C=N–C) groups is 1. The second kappa shape index (κ2) is 11.2. The number of guanidine groups is 1. The summed E-state index contributed by atoms with van der Waals surface area (Å²) in [5.74, 6) is 1.83. The van der Waals surface area contributed by atoms with Gasteiger partial charge in [0.15, 0.2) is 17.5 Å². The molecule has 0 amide bonds. The predicted molar refractivity (Wildman–Crippen MR) is 125 cm³/mol. The fourth-order valence-corrected chi connectivity index (χ4v) is 2.49. The Balaban J connectivity index is 0.00000320. The highest BCUT2D eigenvalue weighted by Crippen LogP contribution is 2.29. The Kier molecular flexibility index (Phi) is 8.66. The van der Waals surface area contributed by atoms with E-state index in [0.29, 0.717) is 29.7 Å². The Hall–Kier alpha value is -3.08. The Morgan fingerprint density at radius 2 is 1.87 bits per heavy atom. The minimum atomic E-state index is -0.370. The van der Waals surface area contributed by atoms with E-state index in [1.54, 1.807) is 50.7 Å². The molecule has 0 atom stereocenters. The molecule has 0 aliphatic heterocycles. The molecule has 0 spiro atoms. The third-order valence-corrected chi connectivity index (χ3v) is 3.90. The molecule has 9 heteroatoms. The highest BCUT2D eigenvalue weighted by atomic mass is 127. The molecule has 7 nitrogen and oxygen atoms in total. The third kappa shape index (κ3) is 6.48. The van der Waals surface area contributed by atoms with Crippen LogP contribution in [-0.4, -0.2) is 25.2 Å². The summed E-state index contributed by atoms with van der Waals surface area (Å²) in [6.07, 6.45) is 1.63. The molecule has 0 bridgehead atoms. The summed E-state index contributed by atoms with van der Waals surface area (Å²) < 4.78 is 29.2. The van der Waals surface area contributed by atoms with E-state index in [1.165, 1.54) is 12.1 Å². The molecule has 0 fully saturated rings. The molecule has 3 rings (SSSR count). The smallest absolute Gasteiger partial charge is 0.219 e. The molecule has 158 valence electrons. The molecule has 1 heterocycles. The number of halogens is 2. The van der Waals surface area contributed by atoms with Gasteiger partial charge in [0.25, 0.3) is 0 Å². The lowest BCUT2D eigenvalue weighted by molar-refractivity contribution is 0.355. The first-order chi connectivity index (χ1) is 14.1. The number of nitrogens with zero attached hydrogens (tertiary/aromatic N) is 2. The summed E-state index contributed by atoms with van der Waals surface area (Å²) in [5.41, 5.74) is 7.51. The van der Waals surface area contributed by atoms with E-state index in [4.69, 9.17) is 19.9 Å².